The molecular formula is C20H19NO5. The first-order valence-electron chi connectivity index (χ1n) is 8.32. The quantitative estimate of drug-likeness (QED) is 0.453. The van der Waals surface area contributed by atoms with Gasteiger partial charge in [0.1, 0.15) is 25.0 Å². The summed E-state index contributed by atoms with van der Waals surface area (Å²) in [7, 11) is 0. The third kappa shape index (κ3) is 3.44. The van der Waals surface area contributed by atoms with E-state index in [0.29, 0.717) is 16.9 Å². The molecular weight excluding hydrogens is 334 g/mol. The number of rotatable bonds is 6. The lowest BCUT2D eigenvalue weighted by molar-refractivity contribution is -0.148. The molecule has 26 heavy (non-hydrogen) atoms. The topological polar surface area (TPSA) is 72.9 Å². The van der Waals surface area contributed by atoms with Gasteiger partial charge in [0.2, 0.25) is 0 Å². The van der Waals surface area contributed by atoms with Crippen molar-refractivity contribution in [2.24, 2.45) is 0 Å². The maximum Gasteiger partial charge on any atom is 0.329 e. The number of nitrogens with zero attached hydrogens (tertiary/aromatic N) is 1. The van der Waals surface area contributed by atoms with Gasteiger partial charge in [-0.2, -0.15) is 0 Å². The van der Waals surface area contributed by atoms with Crippen molar-refractivity contribution in [2.45, 2.75) is 19.9 Å². The number of carbonyl (C=O) groups excluding carboxylic acids is 3. The summed E-state index contributed by atoms with van der Waals surface area (Å²) in [5, 5.41) is 0. The summed E-state index contributed by atoms with van der Waals surface area (Å²) >= 11 is 0. The van der Waals surface area contributed by atoms with Gasteiger partial charge in [0.05, 0.1) is 11.1 Å². The molecule has 134 valence electrons. The van der Waals surface area contributed by atoms with Gasteiger partial charge in [-0.25, -0.2) is 4.79 Å². The van der Waals surface area contributed by atoms with E-state index in [2.05, 4.69) is 0 Å². The molecule has 0 aliphatic carbocycles. The minimum Gasteiger partial charge on any atom is -0.490 e. The van der Waals surface area contributed by atoms with Crippen LogP contribution in [0.15, 0.2) is 48.5 Å². The number of hydrogen-bond acceptors (Lipinski definition) is 5. The Morgan fingerprint density at radius 2 is 1.54 bits per heavy atom. The van der Waals surface area contributed by atoms with E-state index in [1.165, 1.54) is 6.92 Å². The second kappa shape index (κ2) is 7.39. The van der Waals surface area contributed by atoms with Crippen molar-refractivity contribution in [1.82, 2.24) is 4.90 Å². The number of imide groups is 1. The van der Waals surface area contributed by atoms with Crippen LogP contribution in [0.25, 0.3) is 0 Å². The number of hydrogen-bond donors (Lipinski definition) is 0. The summed E-state index contributed by atoms with van der Waals surface area (Å²) in [6.45, 7) is 3.67. The summed E-state index contributed by atoms with van der Waals surface area (Å²) in [5.41, 5.74) is 1.73. The van der Waals surface area contributed by atoms with Gasteiger partial charge in [-0.3, -0.25) is 14.5 Å². The molecule has 6 heteroatoms. The average Bonchev–Trinajstić information content (AvgIpc) is 2.90. The van der Waals surface area contributed by atoms with Crippen molar-refractivity contribution >= 4 is 17.8 Å². The number of fused-ring (bicyclic) bond motifs is 1. The van der Waals surface area contributed by atoms with Crippen LogP contribution < -0.4 is 4.74 Å². The molecule has 0 radical (unpaired) electrons. The predicted octanol–water partition coefficient (Wildman–Crippen LogP) is 2.60. The number of carbonyl (C=O) groups is 3. The number of amides is 2. The molecule has 0 N–H and O–H groups in total. The molecule has 2 aromatic rings. The molecule has 1 atom stereocenters. The molecule has 1 aliphatic rings. The molecule has 1 unspecified atom stereocenters. The van der Waals surface area contributed by atoms with E-state index < -0.39 is 23.8 Å². The number of ether oxygens (including phenoxy) is 2. The van der Waals surface area contributed by atoms with E-state index in [1.807, 2.05) is 31.2 Å². The van der Waals surface area contributed by atoms with Crippen LogP contribution in [0.3, 0.4) is 0 Å². The van der Waals surface area contributed by atoms with Gasteiger partial charge >= 0.3 is 5.97 Å². The molecule has 3 rings (SSSR count). The lowest BCUT2D eigenvalue weighted by atomic mass is 10.1. The maximum absolute atomic E-state index is 12.4. The minimum atomic E-state index is -0.998. The van der Waals surface area contributed by atoms with Crippen molar-refractivity contribution in [3.63, 3.8) is 0 Å². The van der Waals surface area contributed by atoms with Gasteiger partial charge in [-0.15, -0.1) is 0 Å². The first kappa shape index (κ1) is 17.7. The van der Waals surface area contributed by atoms with Crippen molar-refractivity contribution < 1.29 is 23.9 Å². The van der Waals surface area contributed by atoms with E-state index in [4.69, 9.17) is 9.47 Å². The highest BCUT2D eigenvalue weighted by Crippen LogP contribution is 2.24. The largest absolute Gasteiger partial charge is 0.490 e. The Kier molecular flexibility index (Phi) is 5.02. The standard InChI is InChI=1S/C20H19NO5/c1-13-7-9-15(10-8-13)25-11-12-26-20(24)14(2)21-18(22)16-5-3-4-6-17(16)19(21)23/h3-10,14H,11-12H2,1-2H3. The van der Waals surface area contributed by atoms with Gasteiger partial charge < -0.3 is 9.47 Å². The number of benzene rings is 2. The lowest BCUT2D eigenvalue weighted by Crippen LogP contribution is -2.44. The van der Waals surface area contributed by atoms with Gasteiger partial charge in [-0.1, -0.05) is 29.8 Å². The van der Waals surface area contributed by atoms with Crippen molar-refractivity contribution in [2.75, 3.05) is 13.2 Å². The summed E-state index contributed by atoms with van der Waals surface area (Å²) in [6.07, 6.45) is 0. The molecule has 0 fully saturated rings. The van der Waals surface area contributed by atoms with Crippen LogP contribution >= 0.6 is 0 Å². The highest BCUT2D eigenvalue weighted by molar-refractivity contribution is 6.22. The first-order valence-corrected chi connectivity index (χ1v) is 8.32. The maximum atomic E-state index is 12.4. The summed E-state index contributed by atoms with van der Waals surface area (Å²) in [4.78, 5) is 37.9. The van der Waals surface area contributed by atoms with Crippen molar-refractivity contribution in [3.8, 4) is 5.75 Å². The highest BCUT2D eigenvalue weighted by atomic mass is 16.6. The molecule has 0 spiro atoms. The SMILES string of the molecule is Cc1ccc(OCCOC(=O)C(C)N2C(=O)c3ccccc3C2=O)cc1. The van der Waals surface area contributed by atoms with Gasteiger partial charge in [0.15, 0.2) is 0 Å². The van der Waals surface area contributed by atoms with Crippen LogP contribution in [-0.4, -0.2) is 41.9 Å². The molecule has 0 bridgehead atoms. The van der Waals surface area contributed by atoms with Gasteiger partial charge in [0.25, 0.3) is 11.8 Å². The van der Waals surface area contributed by atoms with Crippen molar-refractivity contribution in [1.29, 1.82) is 0 Å². The fraction of sp³-hybridized carbons (Fsp3) is 0.250. The minimum absolute atomic E-state index is 0.0280. The normalized spacial score (nSPS) is 14.2. The Labute approximate surface area is 151 Å². The molecule has 6 nitrogen and oxygen atoms in total. The zero-order valence-corrected chi connectivity index (χ0v) is 14.6. The Morgan fingerprint density at radius 3 is 2.12 bits per heavy atom. The van der Waals surface area contributed by atoms with E-state index in [-0.39, 0.29) is 13.2 Å². The Morgan fingerprint density at radius 1 is 0.962 bits per heavy atom. The van der Waals surface area contributed by atoms with Crippen LogP contribution in [0.2, 0.25) is 0 Å². The number of esters is 1. The second-order valence-corrected chi connectivity index (χ2v) is 6.03. The zero-order valence-electron chi connectivity index (χ0n) is 14.6. The molecule has 2 aromatic carbocycles. The highest BCUT2D eigenvalue weighted by Gasteiger charge is 2.41. The monoisotopic (exact) mass is 353 g/mol. The zero-order chi connectivity index (χ0) is 18.7. The fourth-order valence-electron chi connectivity index (χ4n) is 2.72. The summed E-state index contributed by atoms with van der Waals surface area (Å²) in [6, 6.07) is 13.0. The molecule has 0 aromatic heterocycles. The van der Waals surface area contributed by atoms with Gasteiger partial charge in [-0.05, 0) is 38.1 Å². The van der Waals surface area contributed by atoms with Crippen molar-refractivity contribution in [3.05, 3.63) is 65.2 Å². The molecule has 2 amide bonds. The predicted molar refractivity (Wildman–Crippen MR) is 94.0 cm³/mol. The third-order valence-electron chi connectivity index (χ3n) is 4.17. The van der Waals surface area contributed by atoms with Crippen LogP contribution in [0.4, 0.5) is 0 Å². The van der Waals surface area contributed by atoms with Gasteiger partial charge in [0, 0.05) is 0 Å². The lowest BCUT2D eigenvalue weighted by Gasteiger charge is -2.20. The number of aryl methyl sites for hydroxylation is 1. The summed E-state index contributed by atoms with van der Waals surface area (Å²) < 4.78 is 10.6. The first-order chi connectivity index (χ1) is 12.5. The van der Waals surface area contributed by atoms with Crippen LogP contribution in [0, 0.1) is 6.92 Å². The van der Waals surface area contributed by atoms with Crippen LogP contribution in [0.5, 0.6) is 5.75 Å². The summed E-state index contributed by atoms with van der Waals surface area (Å²) in [5.74, 6) is -0.927. The third-order valence-corrected chi connectivity index (χ3v) is 4.17. The van der Waals surface area contributed by atoms with E-state index in [0.717, 1.165) is 10.5 Å². The van der Waals surface area contributed by atoms with E-state index in [9.17, 15) is 14.4 Å². The van der Waals surface area contributed by atoms with E-state index in [1.54, 1.807) is 24.3 Å². The Balaban J connectivity index is 1.53. The van der Waals surface area contributed by atoms with E-state index >= 15 is 0 Å². The van der Waals surface area contributed by atoms with Crippen LogP contribution in [-0.2, 0) is 9.53 Å². The second-order valence-electron chi connectivity index (χ2n) is 6.03. The molecule has 0 saturated carbocycles. The average molecular weight is 353 g/mol. The smallest absolute Gasteiger partial charge is 0.329 e. The molecule has 1 heterocycles. The van der Waals surface area contributed by atoms with Crippen LogP contribution in [0.1, 0.15) is 33.2 Å². The molecule has 1 aliphatic heterocycles. The Hall–Kier alpha value is -3.15. The Bertz CT molecular complexity index is 809. The fourth-order valence-corrected chi connectivity index (χ4v) is 2.72. The molecule has 0 saturated heterocycles.